The molecule has 0 bridgehead atoms. The highest BCUT2D eigenvalue weighted by Gasteiger charge is 2.18. The molecule has 1 aromatic heterocycles. The molecule has 2 N–H and O–H groups in total. The summed E-state index contributed by atoms with van der Waals surface area (Å²) in [7, 11) is 0. The molecule has 35 heavy (non-hydrogen) atoms. The molecule has 1 heterocycles. The standard InChI is InChI=1S/C23H16Cl4FN5OS/c24-14-6-9-16(25)19(10-14)33-20(11-29-22(34)30-18-3-1-2-17(26)21(18)27)31-32-23(33)35-12-13-4-7-15(28)8-5-13/h1-10H,11-12H2,(H2,29,30,34). The Bertz CT molecular complexity index is 1370. The van der Waals surface area contributed by atoms with Crippen LogP contribution in [0.3, 0.4) is 0 Å². The fourth-order valence-electron chi connectivity index (χ4n) is 3.06. The molecular formula is C23H16Cl4FN5OS. The monoisotopic (exact) mass is 569 g/mol. The van der Waals surface area contributed by atoms with Crippen molar-refractivity contribution in [3.8, 4) is 5.69 Å². The summed E-state index contributed by atoms with van der Waals surface area (Å²) >= 11 is 26.2. The van der Waals surface area contributed by atoms with Gasteiger partial charge in [-0.15, -0.1) is 10.2 Å². The first-order chi connectivity index (χ1) is 16.8. The molecule has 0 atom stereocenters. The number of carbonyl (C=O) groups excluding carboxylic acids is 1. The van der Waals surface area contributed by atoms with Gasteiger partial charge in [-0.1, -0.05) is 76.4 Å². The lowest BCUT2D eigenvalue weighted by molar-refractivity contribution is 0.251. The lowest BCUT2D eigenvalue weighted by Crippen LogP contribution is -2.29. The zero-order valence-corrected chi connectivity index (χ0v) is 21.6. The van der Waals surface area contributed by atoms with E-state index in [1.165, 1.54) is 23.9 Å². The van der Waals surface area contributed by atoms with Crippen LogP contribution < -0.4 is 10.6 Å². The van der Waals surface area contributed by atoms with E-state index in [0.717, 1.165) is 5.56 Å². The second-order valence-corrected chi connectivity index (χ2v) is 9.73. The first kappa shape index (κ1) is 25.6. The maximum absolute atomic E-state index is 13.2. The highest BCUT2D eigenvalue weighted by atomic mass is 35.5. The van der Waals surface area contributed by atoms with Gasteiger partial charge in [0.05, 0.1) is 33.0 Å². The molecule has 0 radical (unpaired) electrons. The largest absolute Gasteiger partial charge is 0.331 e. The van der Waals surface area contributed by atoms with Crippen molar-refractivity contribution >= 4 is 69.9 Å². The lowest BCUT2D eigenvalue weighted by Gasteiger charge is -2.13. The Hall–Kier alpha value is -2.49. The molecule has 0 aliphatic rings. The number of hydrogen-bond donors (Lipinski definition) is 2. The third-order valence-corrected chi connectivity index (χ3v) is 7.11. The molecule has 6 nitrogen and oxygen atoms in total. The van der Waals surface area contributed by atoms with Crippen LogP contribution in [0.4, 0.5) is 14.9 Å². The van der Waals surface area contributed by atoms with Crippen LogP contribution in [0.15, 0.2) is 65.8 Å². The van der Waals surface area contributed by atoms with Gasteiger partial charge in [0, 0.05) is 10.8 Å². The number of thioether (sulfide) groups is 1. The third-order valence-electron chi connectivity index (χ3n) is 4.74. The number of urea groups is 1. The Morgan fingerprint density at radius 2 is 1.74 bits per heavy atom. The van der Waals surface area contributed by atoms with Crippen LogP contribution in [0.5, 0.6) is 0 Å². The van der Waals surface area contributed by atoms with E-state index in [9.17, 15) is 9.18 Å². The third kappa shape index (κ3) is 6.39. The van der Waals surface area contributed by atoms with Gasteiger partial charge in [-0.05, 0) is 48.0 Å². The number of amides is 2. The van der Waals surface area contributed by atoms with Crippen molar-refractivity contribution in [1.29, 1.82) is 0 Å². The van der Waals surface area contributed by atoms with E-state index in [-0.39, 0.29) is 17.4 Å². The molecule has 0 spiro atoms. The van der Waals surface area contributed by atoms with Gasteiger partial charge in [0.15, 0.2) is 11.0 Å². The van der Waals surface area contributed by atoms with Gasteiger partial charge < -0.3 is 10.6 Å². The highest BCUT2D eigenvalue weighted by molar-refractivity contribution is 7.98. The Morgan fingerprint density at radius 3 is 2.51 bits per heavy atom. The average Bonchev–Trinajstić information content (AvgIpc) is 3.24. The highest BCUT2D eigenvalue weighted by Crippen LogP contribution is 2.31. The topological polar surface area (TPSA) is 71.8 Å². The molecule has 4 aromatic rings. The fourth-order valence-corrected chi connectivity index (χ4v) is 4.70. The minimum Gasteiger partial charge on any atom is -0.331 e. The number of nitrogens with zero attached hydrogens (tertiary/aromatic N) is 3. The van der Waals surface area contributed by atoms with E-state index in [4.69, 9.17) is 46.4 Å². The molecule has 12 heteroatoms. The molecule has 0 fully saturated rings. The fraction of sp³-hybridized carbons (Fsp3) is 0.0870. The molecule has 4 rings (SSSR count). The minimum absolute atomic E-state index is 0.0248. The SMILES string of the molecule is O=C(NCc1nnc(SCc2ccc(F)cc2)n1-c1cc(Cl)ccc1Cl)Nc1cccc(Cl)c1Cl. The first-order valence-electron chi connectivity index (χ1n) is 10.1. The molecule has 0 aliphatic heterocycles. The number of rotatable bonds is 7. The molecule has 0 unspecified atom stereocenters. The number of aromatic nitrogens is 3. The van der Waals surface area contributed by atoms with E-state index < -0.39 is 6.03 Å². The van der Waals surface area contributed by atoms with Gasteiger partial charge >= 0.3 is 6.03 Å². The van der Waals surface area contributed by atoms with Crippen LogP contribution in [0.2, 0.25) is 20.1 Å². The second kappa shape index (κ2) is 11.5. The zero-order valence-electron chi connectivity index (χ0n) is 17.7. The average molecular weight is 571 g/mol. The number of hydrogen-bond acceptors (Lipinski definition) is 4. The summed E-state index contributed by atoms with van der Waals surface area (Å²) in [5, 5.41) is 15.9. The van der Waals surface area contributed by atoms with Crippen molar-refractivity contribution < 1.29 is 9.18 Å². The number of anilines is 1. The van der Waals surface area contributed by atoms with Gasteiger partial charge in [-0.3, -0.25) is 4.57 Å². The lowest BCUT2D eigenvalue weighted by atomic mass is 10.2. The predicted octanol–water partition coefficient (Wildman–Crippen LogP) is 7.63. The van der Waals surface area contributed by atoms with Gasteiger partial charge in [0.1, 0.15) is 5.82 Å². The summed E-state index contributed by atoms with van der Waals surface area (Å²) in [6.07, 6.45) is 0. The Labute approximate surface area is 224 Å². The molecule has 2 amide bonds. The second-order valence-electron chi connectivity index (χ2n) is 7.15. The number of benzene rings is 3. The molecule has 0 saturated carbocycles. The van der Waals surface area contributed by atoms with Crippen LogP contribution in [0.25, 0.3) is 5.69 Å². The van der Waals surface area contributed by atoms with Crippen molar-refractivity contribution in [3.05, 3.63) is 98.0 Å². The summed E-state index contributed by atoms with van der Waals surface area (Å²) in [5.41, 5.74) is 1.83. The van der Waals surface area contributed by atoms with Crippen LogP contribution in [0, 0.1) is 5.82 Å². The van der Waals surface area contributed by atoms with Crippen LogP contribution in [0.1, 0.15) is 11.4 Å². The normalized spacial score (nSPS) is 10.9. The number of halogens is 5. The van der Waals surface area contributed by atoms with Crippen molar-refractivity contribution in [2.45, 2.75) is 17.5 Å². The first-order valence-corrected chi connectivity index (χ1v) is 12.6. The van der Waals surface area contributed by atoms with Crippen molar-refractivity contribution in [3.63, 3.8) is 0 Å². The Morgan fingerprint density at radius 1 is 0.971 bits per heavy atom. The maximum atomic E-state index is 13.2. The van der Waals surface area contributed by atoms with Crippen LogP contribution in [-0.4, -0.2) is 20.8 Å². The van der Waals surface area contributed by atoms with Crippen molar-refractivity contribution in [2.24, 2.45) is 0 Å². The van der Waals surface area contributed by atoms with E-state index >= 15 is 0 Å². The Kier molecular flexibility index (Phi) is 8.41. The quantitative estimate of drug-likeness (QED) is 0.224. The summed E-state index contributed by atoms with van der Waals surface area (Å²) in [6, 6.07) is 15.6. The molecular weight excluding hydrogens is 555 g/mol. The predicted molar refractivity (Wildman–Crippen MR) is 140 cm³/mol. The minimum atomic E-state index is -0.513. The number of nitrogens with one attached hydrogen (secondary N) is 2. The van der Waals surface area contributed by atoms with E-state index in [2.05, 4.69) is 20.8 Å². The van der Waals surface area contributed by atoms with Gasteiger partial charge in [0.2, 0.25) is 0 Å². The van der Waals surface area contributed by atoms with E-state index in [1.54, 1.807) is 53.1 Å². The summed E-state index contributed by atoms with van der Waals surface area (Å²) in [6.45, 7) is 0.0248. The van der Waals surface area contributed by atoms with Gasteiger partial charge in [-0.25, -0.2) is 9.18 Å². The maximum Gasteiger partial charge on any atom is 0.319 e. The molecule has 0 saturated heterocycles. The van der Waals surface area contributed by atoms with Crippen LogP contribution in [-0.2, 0) is 12.3 Å². The van der Waals surface area contributed by atoms with Gasteiger partial charge in [0.25, 0.3) is 0 Å². The summed E-state index contributed by atoms with van der Waals surface area (Å²) < 4.78 is 15.0. The van der Waals surface area contributed by atoms with Gasteiger partial charge in [-0.2, -0.15) is 0 Å². The van der Waals surface area contributed by atoms with Crippen molar-refractivity contribution in [2.75, 3.05) is 5.32 Å². The Balaban J connectivity index is 1.56. The molecule has 0 aliphatic carbocycles. The summed E-state index contributed by atoms with van der Waals surface area (Å²) in [4.78, 5) is 12.5. The summed E-state index contributed by atoms with van der Waals surface area (Å²) in [5.74, 6) is 0.624. The van der Waals surface area contributed by atoms with E-state index in [0.29, 0.717) is 43.2 Å². The number of carbonyl (C=O) groups is 1. The smallest absolute Gasteiger partial charge is 0.319 e. The zero-order chi connectivity index (χ0) is 24.9. The van der Waals surface area contributed by atoms with Crippen molar-refractivity contribution in [1.82, 2.24) is 20.1 Å². The molecule has 3 aromatic carbocycles. The molecule has 180 valence electrons. The van der Waals surface area contributed by atoms with E-state index in [1.807, 2.05) is 0 Å². The van der Waals surface area contributed by atoms with Crippen LogP contribution >= 0.6 is 58.2 Å².